The summed E-state index contributed by atoms with van der Waals surface area (Å²) in [5, 5.41) is 18.4. The normalized spacial score (nSPS) is 11.3. The van der Waals surface area contributed by atoms with Crippen molar-refractivity contribution in [1.82, 2.24) is 0 Å². The average Bonchev–Trinajstić information content (AvgIpc) is 2.01. The molecule has 0 fully saturated rings. The van der Waals surface area contributed by atoms with Crippen molar-refractivity contribution >= 4 is 5.78 Å². The Morgan fingerprint density at radius 2 is 2.15 bits per heavy atom. The largest absolute Gasteiger partial charge is 0.507 e. The second-order valence-electron chi connectivity index (χ2n) is 3.35. The molecule has 2 N–H and O–H groups in total. The molecule has 0 aliphatic heterocycles. The molecule has 1 rings (SSSR count). The van der Waals surface area contributed by atoms with Crippen LogP contribution in [0.3, 0.4) is 0 Å². The number of hydrogen-bond acceptors (Lipinski definition) is 3. The first kappa shape index (κ1) is 9.74. The third-order valence-electron chi connectivity index (χ3n) is 1.60. The highest BCUT2D eigenvalue weighted by atomic mass is 16.3. The van der Waals surface area contributed by atoms with Gasteiger partial charge in [-0.1, -0.05) is 6.07 Å². The highest BCUT2D eigenvalue weighted by Crippen LogP contribution is 2.16. The van der Waals surface area contributed by atoms with Gasteiger partial charge in [0.2, 0.25) is 0 Å². The molecular weight excluding hydrogens is 168 g/mol. The van der Waals surface area contributed by atoms with E-state index in [1.807, 2.05) is 0 Å². The van der Waals surface area contributed by atoms with Crippen molar-refractivity contribution in [2.45, 2.75) is 19.4 Å². The first-order valence-electron chi connectivity index (χ1n) is 3.89. The lowest BCUT2D eigenvalue weighted by Crippen LogP contribution is -2.30. The zero-order chi connectivity index (χ0) is 10.1. The summed E-state index contributed by atoms with van der Waals surface area (Å²) in [5.74, 6) is -0.521. The Bertz CT molecular complexity index is 323. The van der Waals surface area contributed by atoms with E-state index in [4.69, 9.17) is 5.11 Å². The molecule has 0 bridgehead atoms. The molecule has 0 aromatic heterocycles. The predicted octanol–water partition coefficient (Wildman–Crippen LogP) is 1.15. The number of phenols is 1. The van der Waals surface area contributed by atoms with Crippen LogP contribution in [0.25, 0.3) is 0 Å². The van der Waals surface area contributed by atoms with Crippen LogP contribution in [0.2, 0.25) is 0 Å². The van der Waals surface area contributed by atoms with E-state index in [0.717, 1.165) is 0 Å². The van der Waals surface area contributed by atoms with Crippen molar-refractivity contribution in [1.29, 1.82) is 0 Å². The molecular formula is C10H11O3. The fourth-order valence-electron chi connectivity index (χ4n) is 0.948. The molecule has 0 atom stereocenters. The molecule has 0 spiro atoms. The number of benzene rings is 1. The Morgan fingerprint density at radius 3 is 2.62 bits per heavy atom. The number of hydrogen-bond donors (Lipinski definition) is 2. The zero-order valence-corrected chi connectivity index (χ0v) is 7.53. The lowest BCUT2D eigenvalue weighted by Gasteiger charge is -2.15. The summed E-state index contributed by atoms with van der Waals surface area (Å²) in [7, 11) is 0. The molecule has 0 saturated carbocycles. The minimum absolute atomic E-state index is 0.102. The summed E-state index contributed by atoms with van der Waals surface area (Å²) < 4.78 is 0. The molecule has 1 radical (unpaired) electrons. The monoisotopic (exact) mass is 179 g/mol. The van der Waals surface area contributed by atoms with Crippen LogP contribution in [0.15, 0.2) is 18.2 Å². The number of phenolic OH excluding ortho intramolecular Hbond substituents is 1. The first-order valence-corrected chi connectivity index (χ1v) is 3.89. The Labute approximate surface area is 76.6 Å². The standard InChI is InChI=1S/C10H11O3/c1-10(2,13)9(12)7-4-3-5-8(11)6-7/h3-4,6,11,13H,1-2H3. The van der Waals surface area contributed by atoms with Crippen LogP contribution in [0.5, 0.6) is 5.75 Å². The first-order chi connectivity index (χ1) is 5.91. The topological polar surface area (TPSA) is 57.5 Å². The number of aliphatic hydroxyl groups is 1. The van der Waals surface area contributed by atoms with Crippen molar-refractivity contribution in [3.8, 4) is 5.75 Å². The Kier molecular flexibility index (Phi) is 2.38. The van der Waals surface area contributed by atoms with E-state index in [-0.39, 0.29) is 11.3 Å². The molecule has 1 aromatic carbocycles. The maximum atomic E-state index is 11.4. The summed E-state index contributed by atoms with van der Waals surface area (Å²) >= 11 is 0. The molecule has 0 saturated heterocycles. The lowest BCUT2D eigenvalue weighted by atomic mass is 9.97. The van der Waals surface area contributed by atoms with Crippen LogP contribution in [-0.4, -0.2) is 21.6 Å². The highest BCUT2D eigenvalue weighted by Gasteiger charge is 2.25. The van der Waals surface area contributed by atoms with Crippen molar-refractivity contribution in [3.05, 3.63) is 29.8 Å². The minimum atomic E-state index is -1.41. The van der Waals surface area contributed by atoms with E-state index < -0.39 is 11.4 Å². The molecule has 3 nitrogen and oxygen atoms in total. The van der Waals surface area contributed by atoms with Gasteiger partial charge in [-0.15, -0.1) is 0 Å². The number of rotatable bonds is 2. The van der Waals surface area contributed by atoms with Crippen LogP contribution >= 0.6 is 0 Å². The number of Topliss-reactive ketones (excluding diaryl/α,β-unsaturated/α-hetero) is 1. The van der Waals surface area contributed by atoms with E-state index in [1.54, 1.807) is 0 Å². The van der Waals surface area contributed by atoms with Crippen LogP contribution in [-0.2, 0) is 0 Å². The molecule has 0 aliphatic carbocycles. The molecule has 0 heterocycles. The van der Waals surface area contributed by atoms with Gasteiger partial charge in [0.25, 0.3) is 0 Å². The van der Waals surface area contributed by atoms with Crippen LogP contribution < -0.4 is 0 Å². The number of ketones is 1. The zero-order valence-electron chi connectivity index (χ0n) is 7.53. The second-order valence-corrected chi connectivity index (χ2v) is 3.35. The summed E-state index contributed by atoms with van der Waals surface area (Å²) in [5.41, 5.74) is -1.13. The van der Waals surface area contributed by atoms with Gasteiger partial charge < -0.3 is 10.2 Å². The maximum absolute atomic E-state index is 11.4. The lowest BCUT2D eigenvalue weighted by molar-refractivity contribution is 0.0487. The van der Waals surface area contributed by atoms with E-state index in [0.29, 0.717) is 0 Å². The van der Waals surface area contributed by atoms with Gasteiger partial charge in [-0.25, -0.2) is 0 Å². The molecule has 0 amide bonds. The third-order valence-corrected chi connectivity index (χ3v) is 1.60. The summed E-state index contributed by atoms with van der Waals surface area (Å²) in [6.45, 7) is 2.81. The quantitative estimate of drug-likeness (QED) is 0.669. The van der Waals surface area contributed by atoms with Gasteiger partial charge in [0.1, 0.15) is 11.4 Å². The van der Waals surface area contributed by atoms with Gasteiger partial charge in [0.15, 0.2) is 5.78 Å². The number of carbonyl (C=O) groups is 1. The highest BCUT2D eigenvalue weighted by molar-refractivity contribution is 6.01. The smallest absolute Gasteiger partial charge is 0.193 e. The molecule has 0 aliphatic rings. The van der Waals surface area contributed by atoms with Gasteiger partial charge in [0.05, 0.1) is 0 Å². The van der Waals surface area contributed by atoms with E-state index in [2.05, 4.69) is 6.07 Å². The second kappa shape index (κ2) is 3.18. The van der Waals surface area contributed by atoms with Crippen LogP contribution in [0.4, 0.5) is 0 Å². The van der Waals surface area contributed by atoms with Gasteiger partial charge in [-0.05, 0) is 26.0 Å². The van der Waals surface area contributed by atoms with Gasteiger partial charge in [0, 0.05) is 11.6 Å². The van der Waals surface area contributed by atoms with Crippen LogP contribution in [0, 0.1) is 6.07 Å². The molecule has 13 heavy (non-hydrogen) atoms. The van der Waals surface area contributed by atoms with Gasteiger partial charge in [-0.2, -0.15) is 0 Å². The Morgan fingerprint density at radius 1 is 1.54 bits per heavy atom. The predicted molar refractivity (Wildman–Crippen MR) is 47.6 cm³/mol. The molecule has 3 heteroatoms. The Hall–Kier alpha value is -1.35. The van der Waals surface area contributed by atoms with E-state index in [9.17, 15) is 9.90 Å². The summed E-state index contributed by atoms with van der Waals surface area (Å²) in [6, 6.07) is 6.72. The van der Waals surface area contributed by atoms with Crippen molar-refractivity contribution in [2.75, 3.05) is 0 Å². The van der Waals surface area contributed by atoms with Crippen LogP contribution in [0.1, 0.15) is 24.2 Å². The van der Waals surface area contributed by atoms with Crippen molar-refractivity contribution < 1.29 is 15.0 Å². The SMILES string of the molecule is CC(C)(O)C(=O)c1cc[c]c(O)c1. The fraction of sp³-hybridized carbons (Fsp3) is 0.300. The maximum Gasteiger partial charge on any atom is 0.193 e. The Balaban J connectivity index is 3.03. The minimum Gasteiger partial charge on any atom is -0.507 e. The number of aromatic hydroxyl groups is 1. The van der Waals surface area contributed by atoms with Gasteiger partial charge in [-0.3, -0.25) is 4.79 Å². The van der Waals surface area contributed by atoms with Gasteiger partial charge >= 0.3 is 0 Å². The summed E-state index contributed by atoms with van der Waals surface area (Å²) in [4.78, 5) is 11.4. The van der Waals surface area contributed by atoms with E-state index >= 15 is 0 Å². The van der Waals surface area contributed by atoms with E-state index in [1.165, 1.54) is 32.0 Å². The third kappa shape index (κ3) is 2.29. The molecule has 0 unspecified atom stereocenters. The summed E-state index contributed by atoms with van der Waals surface area (Å²) in [6.07, 6.45) is 0. The average molecular weight is 179 g/mol. The van der Waals surface area contributed by atoms with Crippen molar-refractivity contribution in [2.24, 2.45) is 0 Å². The molecule has 69 valence electrons. The number of carbonyl (C=O) groups excluding carboxylic acids is 1. The molecule has 1 aromatic rings. The van der Waals surface area contributed by atoms with Crippen molar-refractivity contribution in [3.63, 3.8) is 0 Å². The fourth-order valence-corrected chi connectivity index (χ4v) is 0.948.